The number of para-hydroxylation sites is 1. The van der Waals surface area contributed by atoms with E-state index in [-0.39, 0.29) is 5.91 Å². The summed E-state index contributed by atoms with van der Waals surface area (Å²) >= 11 is 0. The molecule has 3 atom stereocenters. The number of hydrogen-bond acceptors (Lipinski definition) is 4. The predicted octanol–water partition coefficient (Wildman–Crippen LogP) is 4.33. The normalized spacial score (nSPS) is 13.3. The van der Waals surface area contributed by atoms with Crippen LogP contribution in [0.5, 0.6) is 11.5 Å². The van der Waals surface area contributed by atoms with Gasteiger partial charge in [-0.15, -0.1) is 6.58 Å². The second-order valence-electron chi connectivity index (χ2n) is 7.68. The van der Waals surface area contributed by atoms with Crippen LogP contribution in [0.2, 0.25) is 0 Å². The van der Waals surface area contributed by atoms with Crippen LogP contribution in [-0.2, 0) is 16.0 Å². The average Bonchev–Trinajstić information content (AvgIpc) is 2.81. The third kappa shape index (κ3) is 7.05. The van der Waals surface area contributed by atoms with Crippen molar-refractivity contribution < 1.29 is 19.4 Å². The number of carbonyl (C=O) groups excluding carboxylic acids is 2. The molecule has 170 valence electrons. The maximum Gasteiger partial charge on any atom is 0.247 e. The van der Waals surface area contributed by atoms with Gasteiger partial charge in [0.2, 0.25) is 11.8 Å². The van der Waals surface area contributed by atoms with Crippen LogP contribution in [0.1, 0.15) is 12.5 Å². The highest BCUT2D eigenvalue weighted by atomic mass is 16.5. The van der Waals surface area contributed by atoms with Gasteiger partial charge in [0.1, 0.15) is 17.5 Å². The van der Waals surface area contributed by atoms with Gasteiger partial charge in [-0.3, -0.25) is 9.59 Å². The maximum absolute atomic E-state index is 13.1. The molecule has 0 bridgehead atoms. The first-order valence-corrected chi connectivity index (χ1v) is 10.7. The molecule has 2 amide bonds. The standard InChI is InChI=1S/C27H28N2O4/c1-3-24(19(2)30)26(31)29-25(18-20-10-6-4-7-11-20)27(32)28-21-14-16-23(17-15-21)33-22-12-8-5-9-13-22/h3-17,19,24-25,30H,1,18H2,2H3,(H,28,32)(H,29,31). The number of nitrogens with one attached hydrogen (secondary N) is 2. The van der Waals surface area contributed by atoms with Crippen LogP contribution in [0.4, 0.5) is 5.69 Å². The van der Waals surface area contributed by atoms with E-state index in [1.165, 1.54) is 13.0 Å². The molecule has 0 aliphatic heterocycles. The van der Waals surface area contributed by atoms with E-state index in [9.17, 15) is 14.7 Å². The van der Waals surface area contributed by atoms with Crippen molar-refractivity contribution in [3.8, 4) is 11.5 Å². The Morgan fingerprint density at radius 2 is 1.48 bits per heavy atom. The molecule has 3 N–H and O–H groups in total. The van der Waals surface area contributed by atoms with Gasteiger partial charge in [-0.05, 0) is 48.9 Å². The smallest absolute Gasteiger partial charge is 0.247 e. The van der Waals surface area contributed by atoms with Gasteiger partial charge in [-0.25, -0.2) is 0 Å². The molecule has 6 nitrogen and oxygen atoms in total. The van der Waals surface area contributed by atoms with Crippen molar-refractivity contribution in [1.29, 1.82) is 0 Å². The highest BCUT2D eigenvalue weighted by molar-refractivity contribution is 5.98. The highest BCUT2D eigenvalue weighted by Gasteiger charge is 2.27. The van der Waals surface area contributed by atoms with Crippen molar-refractivity contribution in [1.82, 2.24) is 5.32 Å². The predicted molar refractivity (Wildman–Crippen MR) is 129 cm³/mol. The van der Waals surface area contributed by atoms with E-state index < -0.39 is 24.0 Å². The minimum Gasteiger partial charge on any atom is -0.457 e. The molecule has 3 aromatic carbocycles. The fourth-order valence-corrected chi connectivity index (χ4v) is 3.31. The summed E-state index contributed by atoms with van der Waals surface area (Å²) in [5.41, 5.74) is 1.47. The lowest BCUT2D eigenvalue weighted by molar-refractivity contribution is -0.130. The van der Waals surface area contributed by atoms with Gasteiger partial charge < -0.3 is 20.5 Å². The minimum atomic E-state index is -0.917. The molecule has 33 heavy (non-hydrogen) atoms. The van der Waals surface area contributed by atoms with Crippen molar-refractivity contribution in [3.05, 3.63) is 103 Å². The van der Waals surface area contributed by atoms with Gasteiger partial charge in [0.05, 0.1) is 12.0 Å². The zero-order valence-corrected chi connectivity index (χ0v) is 18.5. The number of aliphatic hydroxyl groups is 1. The summed E-state index contributed by atoms with van der Waals surface area (Å²) in [5, 5.41) is 15.4. The van der Waals surface area contributed by atoms with Crippen molar-refractivity contribution in [3.63, 3.8) is 0 Å². The van der Waals surface area contributed by atoms with Gasteiger partial charge in [0.15, 0.2) is 0 Å². The molecular weight excluding hydrogens is 416 g/mol. The number of benzene rings is 3. The molecular formula is C27H28N2O4. The molecule has 0 fully saturated rings. The molecule has 3 rings (SSSR count). The van der Waals surface area contributed by atoms with E-state index in [0.29, 0.717) is 17.9 Å². The molecule has 0 radical (unpaired) electrons. The second-order valence-corrected chi connectivity index (χ2v) is 7.68. The number of amides is 2. The maximum atomic E-state index is 13.1. The molecule has 0 aliphatic carbocycles. The van der Waals surface area contributed by atoms with E-state index >= 15 is 0 Å². The summed E-state index contributed by atoms with van der Waals surface area (Å²) in [6.07, 6.45) is 0.764. The minimum absolute atomic E-state index is 0.303. The number of rotatable bonds is 10. The Kier molecular flexibility index (Phi) is 8.38. The second kappa shape index (κ2) is 11.6. The summed E-state index contributed by atoms with van der Waals surface area (Å²) in [4.78, 5) is 25.7. The molecule has 0 aliphatic rings. The Morgan fingerprint density at radius 3 is 2.06 bits per heavy atom. The van der Waals surface area contributed by atoms with E-state index in [4.69, 9.17) is 4.74 Å². The van der Waals surface area contributed by atoms with Gasteiger partial charge in [-0.2, -0.15) is 0 Å². The molecule has 0 spiro atoms. The summed E-state index contributed by atoms with van der Waals surface area (Å²) in [7, 11) is 0. The van der Waals surface area contributed by atoms with Crippen LogP contribution in [-0.4, -0.2) is 29.1 Å². The van der Waals surface area contributed by atoms with Gasteiger partial charge in [0.25, 0.3) is 0 Å². The molecule has 3 unspecified atom stereocenters. The number of aliphatic hydroxyl groups excluding tert-OH is 1. The molecule has 0 heterocycles. The van der Waals surface area contributed by atoms with Crippen molar-refractivity contribution >= 4 is 17.5 Å². The molecule has 0 saturated heterocycles. The van der Waals surface area contributed by atoms with Crippen LogP contribution in [0.15, 0.2) is 97.6 Å². The lowest BCUT2D eigenvalue weighted by atomic mass is 10.0. The summed E-state index contributed by atoms with van der Waals surface area (Å²) in [5.74, 6) is -0.278. The first-order valence-electron chi connectivity index (χ1n) is 10.7. The largest absolute Gasteiger partial charge is 0.457 e. The monoisotopic (exact) mass is 444 g/mol. The highest BCUT2D eigenvalue weighted by Crippen LogP contribution is 2.23. The summed E-state index contributed by atoms with van der Waals surface area (Å²) < 4.78 is 5.78. The van der Waals surface area contributed by atoms with Crippen molar-refractivity contribution in [2.75, 3.05) is 5.32 Å². The number of carbonyl (C=O) groups is 2. The molecule has 6 heteroatoms. The van der Waals surface area contributed by atoms with E-state index in [1.807, 2.05) is 60.7 Å². The number of hydrogen-bond donors (Lipinski definition) is 3. The fraction of sp³-hybridized carbons (Fsp3) is 0.185. The Labute approximate surface area is 193 Å². The third-order valence-electron chi connectivity index (χ3n) is 5.09. The summed E-state index contributed by atoms with van der Waals surface area (Å²) in [6, 6.07) is 25.0. The van der Waals surface area contributed by atoms with Crippen LogP contribution < -0.4 is 15.4 Å². The van der Waals surface area contributed by atoms with E-state index in [2.05, 4.69) is 17.2 Å². The van der Waals surface area contributed by atoms with Crippen LogP contribution in [0.25, 0.3) is 0 Å². The van der Waals surface area contributed by atoms with E-state index in [0.717, 1.165) is 11.3 Å². The summed E-state index contributed by atoms with van der Waals surface area (Å²) in [6.45, 7) is 5.12. The molecule has 3 aromatic rings. The van der Waals surface area contributed by atoms with Crippen LogP contribution >= 0.6 is 0 Å². The zero-order valence-electron chi connectivity index (χ0n) is 18.5. The Hall–Kier alpha value is -3.90. The first-order chi connectivity index (χ1) is 16.0. The molecule has 0 aromatic heterocycles. The lowest BCUT2D eigenvalue weighted by Gasteiger charge is -2.22. The quantitative estimate of drug-likeness (QED) is 0.406. The SMILES string of the molecule is C=CC(C(=O)NC(Cc1ccccc1)C(=O)Nc1ccc(Oc2ccccc2)cc1)C(C)O. The van der Waals surface area contributed by atoms with Gasteiger partial charge >= 0.3 is 0 Å². The van der Waals surface area contributed by atoms with E-state index in [1.54, 1.807) is 24.3 Å². The average molecular weight is 445 g/mol. The Bertz CT molecular complexity index is 1050. The lowest BCUT2D eigenvalue weighted by Crippen LogP contribution is -2.48. The van der Waals surface area contributed by atoms with Crippen molar-refractivity contribution in [2.45, 2.75) is 25.5 Å². The van der Waals surface area contributed by atoms with Crippen molar-refractivity contribution in [2.24, 2.45) is 5.92 Å². The first kappa shape index (κ1) is 23.8. The van der Waals surface area contributed by atoms with Crippen LogP contribution in [0, 0.1) is 5.92 Å². The number of anilines is 1. The zero-order chi connectivity index (χ0) is 23.6. The number of ether oxygens (including phenoxy) is 1. The molecule has 0 saturated carbocycles. The Balaban J connectivity index is 1.70. The van der Waals surface area contributed by atoms with Crippen LogP contribution in [0.3, 0.4) is 0 Å². The van der Waals surface area contributed by atoms with Gasteiger partial charge in [0, 0.05) is 12.1 Å². The third-order valence-corrected chi connectivity index (χ3v) is 5.09. The van der Waals surface area contributed by atoms with Gasteiger partial charge in [-0.1, -0.05) is 54.6 Å². The Morgan fingerprint density at radius 1 is 0.909 bits per heavy atom. The fourth-order valence-electron chi connectivity index (χ4n) is 3.31. The topological polar surface area (TPSA) is 87.7 Å².